The minimum absolute atomic E-state index is 0.0374. The third kappa shape index (κ3) is 4.58. The molecular weight excluding hydrogens is 396 g/mol. The van der Waals surface area contributed by atoms with Crippen molar-refractivity contribution in [3.63, 3.8) is 0 Å². The van der Waals surface area contributed by atoms with Gasteiger partial charge in [-0.15, -0.1) is 0 Å². The summed E-state index contributed by atoms with van der Waals surface area (Å²) < 4.78 is 34.8. The van der Waals surface area contributed by atoms with Crippen molar-refractivity contribution in [2.24, 2.45) is 0 Å². The molecule has 0 fully saturated rings. The first-order chi connectivity index (χ1) is 14.5. The highest BCUT2D eigenvalue weighted by Crippen LogP contribution is 2.24. The van der Waals surface area contributed by atoms with Crippen molar-refractivity contribution < 1.29 is 28.5 Å². The van der Waals surface area contributed by atoms with E-state index in [9.17, 15) is 18.7 Å². The first kappa shape index (κ1) is 21.7. The molecule has 9 heteroatoms. The number of pyridine rings is 1. The van der Waals surface area contributed by atoms with Gasteiger partial charge < -0.3 is 20.3 Å². The number of aryl methyl sites for hydroxylation is 1. The van der Waals surface area contributed by atoms with Crippen LogP contribution in [0.25, 0.3) is 5.65 Å². The molecule has 3 N–H and O–H groups in total. The second kappa shape index (κ2) is 9.64. The Kier molecular flexibility index (Phi) is 6.96. The van der Waals surface area contributed by atoms with E-state index in [2.05, 4.69) is 10.3 Å². The molecule has 3 aromatic rings. The summed E-state index contributed by atoms with van der Waals surface area (Å²) >= 11 is 0. The number of rotatable bonds is 9. The lowest BCUT2D eigenvalue weighted by molar-refractivity contribution is 0.0902. The fourth-order valence-corrected chi connectivity index (χ4v) is 3.16. The summed E-state index contributed by atoms with van der Waals surface area (Å²) in [7, 11) is 0. The van der Waals surface area contributed by atoms with Gasteiger partial charge in [-0.25, -0.2) is 13.8 Å². The normalized spacial score (nSPS) is 12.2. The van der Waals surface area contributed by atoms with E-state index in [0.29, 0.717) is 24.2 Å². The van der Waals surface area contributed by atoms with Gasteiger partial charge in [0.05, 0.1) is 23.9 Å². The highest BCUT2D eigenvalue weighted by molar-refractivity contribution is 5.95. The van der Waals surface area contributed by atoms with Gasteiger partial charge in [0, 0.05) is 12.8 Å². The minimum atomic E-state index is -0.709. The molecule has 3 rings (SSSR count). The Morgan fingerprint density at radius 1 is 1.23 bits per heavy atom. The monoisotopic (exact) mass is 419 g/mol. The summed E-state index contributed by atoms with van der Waals surface area (Å²) in [6, 6.07) is 6.31. The van der Waals surface area contributed by atoms with Crippen LogP contribution in [0.3, 0.4) is 0 Å². The molecular formula is C21H23F2N3O4. The number of aromatic nitrogens is 2. The lowest BCUT2D eigenvalue weighted by Crippen LogP contribution is -2.38. The zero-order chi connectivity index (χ0) is 21.7. The van der Waals surface area contributed by atoms with Crippen LogP contribution < -0.4 is 10.1 Å². The molecule has 0 aliphatic heterocycles. The summed E-state index contributed by atoms with van der Waals surface area (Å²) in [5, 5.41) is 21.1. The average Bonchev–Trinajstić information content (AvgIpc) is 3.07. The van der Waals surface area contributed by atoms with Gasteiger partial charge >= 0.3 is 0 Å². The largest absolute Gasteiger partial charge is 0.485 e. The standard InChI is InChI=1S/C21H23F2N3O4/c1-13-19(21(29)25-14(11-28)5-4-10-27)26-9-3-8-18(20(26)24-13)30-12-15-16(22)6-2-7-17(15)23/h2-3,6-9,14,27-28H,4-5,10-12H2,1H3,(H,25,29). The fourth-order valence-electron chi connectivity index (χ4n) is 3.16. The van der Waals surface area contributed by atoms with Crippen molar-refractivity contribution in [2.75, 3.05) is 13.2 Å². The summed E-state index contributed by atoms with van der Waals surface area (Å²) in [5.41, 5.74) is 0.817. The maximum Gasteiger partial charge on any atom is 0.270 e. The lowest BCUT2D eigenvalue weighted by atomic mass is 10.1. The second-order valence-corrected chi connectivity index (χ2v) is 6.82. The van der Waals surface area contributed by atoms with E-state index in [4.69, 9.17) is 9.84 Å². The van der Waals surface area contributed by atoms with E-state index in [0.717, 1.165) is 12.1 Å². The number of nitrogens with one attached hydrogen (secondary N) is 1. The predicted octanol–water partition coefficient (Wildman–Crippen LogP) is 2.36. The van der Waals surface area contributed by atoms with Crippen LogP contribution in [0.5, 0.6) is 5.75 Å². The molecule has 2 heterocycles. The number of benzene rings is 1. The number of carbonyl (C=O) groups is 1. The third-order valence-corrected chi connectivity index (χ3v) is 4.70. The van der Waals surface area contributed by atoms with Crippen LogP contribution in [-0.2, 0) is 6.61 Å². The molecule has 0 aliphatic rings. The van der Waals surface area contributed by atoms with Gasteiger partial charge in [-0.3, -0.25) is 9.20 Å². The maximum atomic E-state index is 13.9. The van der Waals surface area contributed by atoms with Crippen LogP contribution in [-0.4, -0.2) is 44.8 Å². The molecule has 0 bridgehead atoms. The molecule has 0 spiro atoms. The second-order valence-electron chi connectivity index (χ2n) is 6.82. The number of nitrogens with zero attached hydrogens (tertiary/aromatic N) is 2. The number of aliphatic hydroxyl groups is 2. The van der Waals surface area contributed by atoms with Crippen molar-refractivity contribution in [1.82, 2.24) is 14.7 Å². The van der Waals surface area contributed by atoms with Gasteiger partial charge in [-0.05, 0) is 44.0 Å². The predicted molar refractivity (Wildman–Crippen MR) is 105 cm³/mol. The van der Waals surface area contributed by atoms with Gasteiger partial charge in [0.1, 0.15) is 23.9 Å². The Bertz CT molecular complexity index is 1020. The average molecular weight is 419 g/mol. The molecule has 1 atom stereocenters. The molecule has 0 aliphatic carbocycles. The van der Waals surface area contributed by atoms with E-state index in [-0.39, 0.29) is 36.8 Å². The third-order valence-electron chi connectivity index (χ3n) is 4.70. The van der Waals surface area contributed by atoms with Crippen LogP contribution in [0.2, 0.25) is 0 Å². The zero-order valence-electron chi connectivity index (χ0n) is 16.4. The summed E-state index contributed by atoms with van der Waals surface area (Å²) in [6.07, 6.45) is 2.50. The molecule has 1 unspecified atom stereocenters. The molecule has 7 nitrogen and oxygen atoms in total. The quantitative estimate of drug-likeness (QED) is 0.495. The van der Waals surface area contributed by atoms with Crippen molar-refractivity contribution in [3.8, 4) is 5.75 Å². The number of imidazole rings is 1. The molecule has 0 saturated heterocycles. The Balaban J connectivity index is 1.85. The first-order valence-corrected chi connectivity index (χ1v) is 9.52. The summed E-state index contributed by atoms with van der Waals surface area (Å²) in [6.45, 7) is 1.03. The van der Waals surface area contributed by atoms with Crippen molar-refractivity contribution in [1.29, 1.82) is 0 Å². The number of hydrogen-bond donors (Lipinski definition) is 3. The Morgan fingerprint density at radius 2 is 1.97 bits per heavy atom. The molecule has 0 radical (unpaired) electrons. The van der Waals surface area contributed by atoms with Crippen molar-refractivity contribution >= 4 is 11.6 Å². The Labute approximate surface area is 171 Å². The number of aliphatic hydroxyl groups excluding tert-OH is 2. The molecule has 2 aromatic heterocycles. The SMILES string of the molecule is Cc1nc2c(OCc3c(F)cccc3F)cccn2c1C(=O)NC(CO)CCCO. The van der Waals surface area contributed by atoms with E-state index in [1.807, 2.05) is 0 Å². The maximum absolute atomic E-state index is 13.9. The van der Waals surface area contributed by atoms with E-state index in [1.165, 1.54) is 10.5 Å². The number of halogens is 2. The van der Waals surface area contributed by atoms with Crippen LogP contribution in [0.4, 0.5) is 8.78 Å². The number of fused-ring (bicyclic) bond motifs is 1. The van der Waals surface area contributed by atoms with Crippen molar-refractivity contribution in [3.05, 3.63) is 65.1 Å². The number of carbonyl (C=O) groups excluding carboxylic acids is 1. The van der Waals surface area contributed by atoms with Crippen LogP contribution in [0.15, 0.2) is 36.5 Å². The van der Waals surface area contributed by atoms with Crippen LogP contribution in [0.1, 0.15) is 34.6 Å². The first-order valence-electron chi connectivity index (χ1n) is 9.52. The van der Waals surface area contributed by atoms with Gasteiger partial charge in [0.15, 0.2) is 11.4 Å². The number of ether oxygens (including phenoxy) is 1. The summed E-state index contributed by atoms with van der Waals surface area (Å²) in [5.74, 6) is -1.59. The van der Waals surface area contributed by atoms with Crippen LogP contribution >= 0.6 is 0 Å². The molecule has 30 heavy (non-hydrogen) atoms. The molecule has 1 amide bonds. The van der Waals surface area contributed by atoms with Crippen LogP contribution in [0, 0.1) is 18.6 Å². The fraction of sp³-hybridized carbons (Fsp3) is 0.333. The van der Waals surface area contributed by atoms with E-state index in [1.54, 1.807) is 25.3 Å². The van der Waals surface area contributed by atoms with Gasteiger partial charge in [-0.1, -0.05) is 6.07 Å². The summed E-state index contributed by atoms with van der Waals surface area (Å²) in [4.78, 5) is 17.1. The highest BCUT2D eigenvalue weighted by atomic mass is 19.1. The van der Waals surface area contributed by atoms with Gasteiger partial charge in [0.2, 0.25) is 0 Å². The smallest absolute Gasteiger partial charge is 0.270 e. The van der Waals surface area contributed by atoms with Gasteiger partial charge in [-0.2, -0.15) is 0 Å². The lowest BCUT2D eigenvalue weighted by Gasteiger charge is -2.16. The molecule has 160 valence electrons. The highest BCUT2D eigenvalue weighted by Gasteiger charge is 2.21. The Hall–Kier alpha value is -3.04. The van der Waals surface area contributed by atoms with Crippen molar-refractivity contribution in [2.45, 2.75) is 32.4 Å². The van der Waals surface area contributed by atoms with E-state index >= 15 is 0 Å². The topological polar surface area (TPSA) is 96.1 Å². The van der Waals surface area contributed by atoms with Gasteiger partial charge in [0.25, 0.3) is 5.91 Å². The molecule has 0 saturated carbocycles. The minimum Gasteiger partial charge on any atom is -0.485 e. The molecule has 1 aromatic carbocycles. The van der Waals surface area contributed by atoms with E-state index < -0.39 is 23.6 Å². The number of amides is 1. The number of hydrogen-bond acceptors (Lipinski definition) is 5. The Morgan fingerprint density at radius 3 is 2.63 bits per heavy atom. The zero-order valence-corrected chi connectivity index (χ0v) is 16.4.